The molecule has 2 heterocycles. The number of rotatable bonds is 4. The third kappa shape index (κ3) is 3.00. The van der Waals surface area contributed by atoms with Gasteiger partial charge in [-0.3, -0.25) is 0 Å². The molecule has 0 aromatic heterocycles. The minimum Gasteiger partial charge on any atom is -0.194 e. The highest BCUT2D eigenvalue weighted by Crippen LogP contribution is 2.66. The van der Waals surface area contributed by atoms with Crippen molar-refractivity contribution in [2.75, 3.05) is 0 Å². The van der Waals surface area contributed by atoms with Crippen LogP contribution in [0.15, 0.2) is 66.9 Å². The van der Waals surface area contributed by atoms with Gasteiger partial charge in [-0.05, 0) is 36.1 Å². The van der Waals surface area contributed by atoms with Gasteiger partial charge in [-0.2, -0.15) is 26.3 Å². The molecule has 0 saturated heterocycles. The molecule has 0 amide bonds. The first-order chi connectivity index (χ1) is 14.3. The first-order valence-electron chi connectivity index (χ1n) is 8.45. The lowest BCUT2D eigenvalue weighted by Gasteiger charge is -2.26. The minimum atomic E-state index is -5.80. The van der Waals surface area contributed by atoms with Crippen molar-refractivity contribution in [1.82, 2.24) is 0 Å². The molecule has 0 radical (unpaired) electrons. The zero-order valence-corrected chi connectivity index (χ0v) is 17.5. The first-order valence-corrected chi connectivity index (χ1v) is 10.2. The fourth-order valence-electron chi connectivity index (χ4n) is 3.73. The van der Waals surface area contributed by atoms with Crippen molar-refractivity contribution in [2.45, 2.75) is 42.1 Å². The molecule has 2 aliphatic heterocycles. The fourth-order valence-corrected chi connectivity index (χ4v) is 5.80. The van der Waals surface area contributed by atoms with Gasteiger partial charge in [0, 0.05) is 41.3 Å². The van der Waals surface area contributed by atoms with Crippen LogP contribution in [-0.2, 0) is 0 Å². The van der Waals surface area contributed by atoms with Crippen molar-refractivity contribution < 1.29 is 26.3 Å². The van der Waals surface area contributed by atoms with Gasteiger partial charge in [0.15, 0.2) is 0 Å². The molecule has 31 heavy (non-hydrogen) atoms. The molecule has 3 rings (SSSR count). The van der Waals surface area contributed by atoms with Crippen LogP contribution in [0.3, 0.4) is 0 Å². The van der Waals surface area contributed by atoms with E-state index < -0.39 is 62.0 Å². The summed E-state index contributed by atoms with van der Waals surface area (Å²) in [6, 6.07) is 0. The second kappa shape index (κ2) is 7.33. The highest BCUT2D eigenvalue weighted by atomic mass is 32.2. The van der Waals surface area contributed by atoms with Gasteiger partial charge in [0.2, 0.25) is 0 Å². The molecule has 6 nitrogen and oxygen atoms in total. The summed E-state index contributed by atoms with van der Waals surface area (Å²) in [5, 5.41) is 4.43. The smallest absolute Gasteiger partial charge is 0.194 e. The molecule has 14 heteroatoms. The van der Waals surface area contributed by atoms with Gasteiger partial charge < -0.3 is 0 Å². The lowest BCUT2D eigenvalue weighted by molar-refractivity contribution is -0.264. The Morgan fingerprint density at radius 2 is 1.10 bits per heavy atom. The number of hydrogen-bond acceptors (Lipinski definition) is 4. The molecule has 164 valence electrons. The SMILES string of the molecule is C=C1SC(C)C(C2=C(C3=C(N=[N+]=[N-])C(=C)SC3C)C(F)(F)C(F)(F)C2(F)F)=C1N=[N+]=[N-]. The van der Waals surface area contributed by atoms with Crippen LogP contribution >= 0.6 is 23.5 Å². The van der Waals surface area contributed by atoms with Crippen LogP contribution < -0.4 is 0 Å². The van der Waals surface area contributed by atoms with Gasteiger partial charge in [-0.15, -0.1) is 23.5 Å². The van der Waals surface area contributed by atoms with Gasteiger partial charge in [-0.1, -0.05) is 23.4 Å². The van der Waals surface area contributed by atoms with E-state index >= 15 is 17.6 Å². The molecule has 2 unspecified atom stereocenters. The number of alkyl halides is 6. The molecular formula is C17H12F6N6S2. The van der Waals surface area contributed by atoms with E-state index in [1.165, 1.54) is 13.8 Å². The summed E-state index contributed by atoms with van der Waals surface area (Å²) < 4.78 is 89.2. The molecule has 0 fully saturated rings. The molecular weight excluding hydrogens is 466 g/mol. The zero-order valence-electron chi connectivity index (χ0n) is 15.8. The predicted molar refractivity (Wildman–Crippen MR) is 107 cm³/mol. The number of halogens is 6. The Morgan fingerprint density at radius 3 is 1.39 bits per heavy atom. The van der Waals surface area contributed by atoms with E-state index in [2.05, 4.69) is 33.2 Å². The second-order valence-electron chi connectivity index (χ2n) is 6.74. The molecule has 3 aliphatic rings. The highest BCUT2D eigenvalue weighted by molar-refractivity contribution is 8.04. The van der Waals surface area contributed by atoms with Crippen LogP contribution in [0.25, 0.3) is 20.9 Å². The Bertz CT molecular complexity index is 1020. The Hall–Kier alpha value is -2.40. The normalized spacial score (nSPS) is 28.9. The van der Waals surface area contributed by atoms with Crippen LogP contribution in [0.1, 0.15) is 13.8 Å². The maximum absolute atomic E-state index is 15.0. The van der Waals surface area contributed by atoms with Crippen molar-refractivity contribution in [3.8, 4) is 0 Å². The molecule has 0 bridgehead atoms. The van der Waals surface area contributed by atoms with Gasteiger partial charge in [0.25, 0.3) is 0 Å². The van der Waals surface area contributed by atoms with Crippen molar-refractivity contribution in [3.05, 3.63) is 77.5 Å². The summed E-state index contributed by atoms with van der Waals surface area (Å²) in [4.78, 5) is 4.94. The number of azide groups is 2. The maximum Gasteiger partial charge on any atom is 0.380 e. The van der Waals surface area contributed by atoms with Crippen molar-refractivity contribution in [1.29, 1.82) is 0 Å². The van der Waals surface area contributed by atoms with Crippen LogP contribution in [0, 0.1) is 0 Å². The first kappa shape index (κ1) is 23.3. The Morgan fingerprint density at radius 1 is 0.774 bits per heavy atom. The summed E-state index contributed by atoms with van der Waals surface area (Å²) in [5.74, 6) is -16.4. The molecule has 1 aliphatic carbocycles. The van der Waals surface area contributed by atoms with Gasteiger partial charge >= 0.3 is 17.8 Å². The Kier molecular flexibility index (Phi) is 5.50. The predicted octanol–water partition coefficient (Wildman–Crippen LogP) is 7.63. The largest absolute Gasteiger partial charge is 0.380 e. The summed E-state index contributed by atoms with van der Waals surface area (Å²) in [7, 11) is 0. The van der Waals surface area contributed by atoms with Crippen LogP contribution in [0.4, 0.5) is 26.3 Å². The number of allylic oxidation sites excluding steroid dienone is 2. The summed E-state index contributed by atoms with van der Waals surface area (Å²) in [6.07, 6.45) is 0. The monoisotopic (exact) mass is 478 g/mol. The molecule has 0 N–H and O–H groups in total. The summed E-state index contributed by atoms with van der Waals surface area (Å²) in [6.45, 7) is 9.71. The topological polar surface area (TPSA) is 97.5 Å². The van der Waals surface area contributed by atoms with Crippen molar-refractivity contribution in [3.63, 3.8) is 0 Å². The Balaban J connectivity index is 2.57. The van der Waals surface area contributed by atoms with Crippen LogP contribution in [0.2, 0.25) is 0 Å². The third-order valence-corrected chi connectivity index (χ3v) is 7.12. The highest BCUT2D eigenvalue weighted by Gasteiger charge is 2.81. The average Bonchev–Trinajstić information content (AvgIpc) is 3.11. The molecule has 0 aromatic carbocycles. The second-order valence-corrected chi connectivity index (χ2v) is 9.61. The molecule has 0 saturated carbocycles. The summed E-state index contributed by atoms with van der Waals surface area (Å²) >= 11 is 1.62. The van der Waals surface area contributed by atoms with E-state index in [0.29, 0.717) is 0 Å². The standard InChI is InChI=1S/C17H12F6N6S2/c1-5-9(13(26-28-24)7(3)30-5)11-12(16(20,21)17(22,23)15(11,18)19)10-6(2)31-8(4)14(10)27-29-25/h5-6H,3-4H2,1-2H3. The molecule has 0 spiro atoms. The number of thioether (sulfide) groups is 2. The van der Waals surface area contributed by atoms with E-state index in [1.54, 1.807) is 0 Å². The maximum atomic E-state index is 15.0. The van der Waals surface area contributed by atoms with Crippen LogP contribution in [0.5, 0.6) is 0 Å². The Labute approximate surface area is 180 Å². The quantitative estimate of drug-likeness (QED) is 0.180. The van der Waals surface area contributed by atoms with E-state index in [4.69, 9.17) is 11.1 Å². The fraction of sp³-hybridized carbons (Fsp3) is 0.412. The van der Waals surface area contributed by atoms with E-state index in [1.807, 2.05) is 0 Å². The molecule has 2 atom stereocenters. The van der Waals surface area contributed by atoms with Gasteiger partial charge in [0.1, 0.15) is 0 Å². The van der Waals surface area contributed by atoms with E-state index in [9.17, 15) is 8.78 Å². The lowest BCUT2D eigenvalue weighted by atomic mass is 9.89. The summed E-state index contributed by atoms with van der Waals surface area (Å²) in [5.41, 5.74) is 11.9. The lowest BCUT2D eigenvalue weighted by Crippen LogP contribution is -2.49. The third-order valence-electron chi connectivity index (χ3n) is 4.98. The van der Waals surface area contributed by atoms with Gasteiger partial charge in [0.05, 0.1) is 11.4 Å². The number of hydrogen-bond donors (Lipinski definition) is 0. The molecule has 0 aromatic rings. The number of nitrogens with zero attached hydrogens (tertiary/aromatic N) is 6. The van der Waals surface area contributed by atoms with Gasteiger partial charge in [-0.25, -0.2) is 0 Å². The van der Waals surface area contributed by atoms with E-state index in [-0.39, 0.29) is 9.81 Å². The van der Waals surface area contributed by atoms with Crippen molar-refractivity contribution >= 4 is 23.5 Å². The van der Waals surface area contributed by atoms with Crippen molar-refractivity contribution in [2.24, 2.45) is 10.2 Å². The van der Waals surface area contributed by atoms with Crippen LogP contribution in [-0.4, -0.2) is 28.3 Å². The average molecular weight is 478 g/mol. The zero-order chi connectivity index (χ0) is 23.5. The minimum absolute atomic E-state index is 0.0241. The van der Waals surface area contributed by atoms with E-state index in [0.717, 1.165) is 23.5 Å².